The van der Waals surface area contributed by atoms with Crippen LogP contribution in [0, 0.1) is 10.8 Å². The highest BCUT2D eigenvalue weighted by molar-refractivity contribution is 7.47. The van der Waals surface area contributed by atoms with Crippen molar-refractivity contribution in [1.29, 1.82) is 0 Å². The molecule has 0 radical (unpaired) electrons. The summed E-state index contributed by atoms with van der Waals surface area (Å²) < 4.78 is 22.2. The van der Waals surface area contributed by atoms with Gasteiger partial charge in [-0.05, 0) is 24.7 Å². The van der Waals surface area contributed by atoms with E-state index in [0.29, 0.717) is 0 Å². The maximum atomic E-state index is 11.8. The molecule has 0 aromatic rings. The van der Waals surface area contributed by atoms with Gasteiger partial charge in [0.25, 0.3) is 0 Å². The molecule has 0 amide bonds. The monoisotopic (exact) mass is 266 g/mol. The molecule has 0 aromatic carbocycles. The fourth-order valence-corrected chi connectivity index (χ4v) is 2.22. The Morgan fingerprint density at radius 3 is 1.29 bits per heavy atom. The molecular weight excluding hydrogens is 239 g/mol. The first-order chi connectivity index (χ1) is 7.26. The first-order valence-corrected chi connectivity index (χ1v) is 7.45. The van der Waals surface area contributed by atoms with Crippen LogP contribution in [0.4, 0.5) is 0 Å². The number of hydrogen-bond acceptors (Lipinski definition) is 3. The van der Waals surface area contributed by atoms with Gasteiger partial charge in [0.1, 0.15) is 0 Å². The lowest BCUT2D eigenvalue weighted by molar-refractivity contribution is 0.0130. The van der Waals surface area contributed by atoms with E-state index in [1.165, 1.54) is 0 Å². The molecule has 17 heavy (non-hydrogen) atoms. The van der Waals surface area contributed by atoms with Gasteiger partial charge in [0, 0.05) is 0 Å². The maximum absolute atomic E-state index is 11.8. The summed E-state index contributed by atoms with van der Waals surface area (Å²) in [6.45, 7) is 15.2. The molecule has 0 aliphatic carbocycles. The largest absolute Gasteiger partial charge is 0.472 e. The molecule has 0 bridgehead atoms. The van der Waals surface area contributed by atoms with Crippen molar-refractivity contribution in [1.82, 2.24) is 0 Å². The zero-order valence-electron chi connectivity index (χ0n) is 12.3. The third-order valence-corrected chi connectivity index (χ3v) is 4.19. The van der Waals surface area contributed by atoms with Crippen LogP contribution in [0.2, 0.25) is 0 Å². The third kappa shape index (κ3) is 6.56. The van der Waals surface area contributed by atoms with Crippen molar-refractivity contribution in [2.24, 2.45) is 10.8 Å². The summed E-state index contributed by atoms with van der Waals surface area (Å²) in [5.74, 6) is 0. The summed E-state index contributed by atoms with van der Waals surface area (Å²) in [7, 11) is -4.00. The van der Waals surface area contributed by atoms with E-state index in [0.717, 1.165) is 0 Å². The normalized spacial score (nSPS) is 20.8. The molecule has 0 saturated heterocycles. The standard InChI is InChI=1S/C12H27O4P/c1-9(11(3,4)5)15-17(13,14)16-10(2)12(6,7)8/h9-10H,1-8H3,(H,13,14). The van der Waals surface area contributed by atoms with Crippen molar-refractivity contribution >= 4 is 7.82 Å². The number of phosphoric acid groups is 1. The Morgan fingerprint density at radius 1 is 0.882 bits per heavy atom. The zero-order chi connectivity index (χ0) is 14.1. The average Bonchev–Trinajstić information content (AvgIpc) is 1.97. The van der Waals surface area contributed by atoms with Crippen molar-refractivity contribution in [3.63, 3.8) is 0 Å². The molecule has 0 aromatic heterocycles. The van der Waals surface area contributed by atoms with Crippen molar-refractivity contribution in [3.8, 4) is 0 Å². The first kappa shape index (κ1) is 17.1. The molecule has 4 nitrogen and oxygen atoms in total. The van der Waals surface area contributed by atoms with Crippen LogP contribution in [0.1, 0.15) is 55.4 Å². The Kier molecular flexibility index (Phi) is 5.43. The summed E-state index contributed by atoms with van der Waals surface area (Å²) in [5, 5.41) is 0. The summed E-state index contributed by atoms with van der Waals surface area (Å²) in [4.78, 5) is 9.69. The summed E-state index contributed by atoms with van der Waals surface area (Å²) in [5.41, 5.74) is -0.403. The third-order valence-electron chi connectivity index (χ3n) is 3.02. The van der Waals surface area contributed by atoms with Crippen LogP contribution in [0.15, 0.2) is 0 Å². The van der Waals surface area contributed by atoms with Crippen molar-refractivity contribution in [2.75, 3.05) is 0 Å². The maximum Gasteiger partial charge on any atom is 0.472 e. The fraction of sp³-hybridized carbons (Fsp3) is 1.00. The van der Waals surface area contributed by atoms with E-state index >= 15 is 0 Å². The number of phosphoric ester groups is 1. The van der Waals surface area contributed by atoms with Crippen molar-refractivity contribution in [2.45, 2.75) is 67.6 Å². The van der Waals surface area contributed by atoms with Crippen LogP contribution in [-0.4, -0.2) is 17.1 Å². The molecule has 0 fully saturated rings. The van der Waals surface area contributed by atoms with Crippen molar-refractivity contribution in [3.05, 3.63) is 0 Å². The smallest absolute Gasteiger partial charge is 0.302 e. The molecule has 5 heteroatoms. The molecule has 0 aliphatic heterocycles. The Labute approximate surface area is 105 Å². The minimum atomic E-state index is -4.00. The highest BCUT2D eigenvalue weighted by Gasteiger charge is 2.35. The van der Waals surface area contributed by atoms with E-state index in [9.17, 15) is 9.46 Å². The minimum absolute atomic E-state index is 0.202. The second kappa shape index (κ2) is 5.40. The summed E-state index contributed by atoms with van der Waals surface area (Å²) in [6.07, 6.45) is -0.712. The predicted octanol–water partition coefficient (Wildman–Crippen LogP) is 3.99. The van der Waals surface area contributed by atoms with Gasteiger partial charge >= 0.3 is 7.82 Å². The average molecular weight is 266 g/mol. The molecule has 2 unspecified atom stereocenters. The van der Waals surface area contributed by atoms with E-state index in [1.54, 1.807) is 13.8 Å². The Balaban J connectivity index is 4.56. The summed E-state index contributed by atoms with van der Waals surface area (Å²) in [6, 6.07) is 0. The molecule has 104 valence electrons. The first-order valence-electron chi connectivity index (χ1n) is 5.95. The van der Waals surface area contributed by atoms with Crippen LogP contribution in [0.3, 0.4) is 0 Å². The van der Waals surface area contributed by atoms with Gasteiger partial charge in [0.15, 0.2) is 0 Å². The SMILES string of the molecule is CC(OP(=O)(O)OC(C)C(C)(C)C)C(C)(C)C. The Hall–Kier alpha value is 0.110. The second-order valence-electron chi connectivity index (χ2n) is 6.70. The molecule has 2 atom stereocenters. The molecule has 0 heterocycles. The van der Waals surface area contributed by atoms with Crippen LogP contribution < -0.4 is 0 Å². The van der Waals surface area contributed by atoms with Crippen LogP contribution in [0.25, 0.3) is 0 Å². The quantitative estimate of drug-likeness (QED) is 0.782. The fourth-order valence-electron chi connectivity index (χ4n) is 0.741. The lowest BCUT2D eigenvalue weighted by atomic mass is 9.91. The molecule has 0 saturated carbocycles. The number of rotatable bonds is 4. The van der Waals surface area contributed by atoms with E-state index in [-0.39, 0.29) is 23.0 Å². The molecule has 1 N–H and O–H groups in total. The van der Waals surface area contributed by atoms with Gasteiger partial charge in [-0.1, -0.05) is 41.5 Å². The lowest BCUT2D eigenvalue weighted by Crippen LogP contribution is -2.29. The van der Waals surface area contributed by atoms with E-state index < -0.39 is 7.82 Å². The zero-order valence-corrected chi connectivity index (χ0v) is 13.2. The van der Waals surface area contributed by atoms with Crippen LogP contribution >= 0.6 is 7.82 Å². The van der Waals surface area contributed by atoms with Gasteiger partial charge in [-0.3, -0.25) is 9.05 Å². The van der Waals surface area contributed by atoms with Gasteiger partial charge in [-0.2, -0.15) is 0 Å². The molecule has 0 aliphatic rings. The van der Waals surface area contributed by atoms with Gasteiger partial charge in [-0.25, -0.2) is 4.57 Å². The van der Waals surface area contributed by atoms with Crippen molar-refractivity contribution < 1.29 is 18.5 Å². The van der Waals surface area contributed by atoms with E-state index in [2.05, 4.69) is 0 Å². The van der Waals surface area contributed by atoms with Crippen LogP contribution in [-0.2, 0) is 13.6 Å². The molecule has 0 spiro atoms. The highest BCUT2D eigenvalue weighted by Crippen LogP contribution is 2.50. The minimum Gasteiger partial charge on any atom is -0.302 e. The molecule has 0 rings (SSSR count). The van der Waals surface area contributed by atoms with E-state index in [4.69, 9.17) is 9.05 Å². The Morgan fingerprint density at radius 2 is 1.12 bits per heavy atom. The Bertz CT molecular complexity index is 262. The van der Waals surface area contributed by atoms with Gasteiger partial charge in [-0.15, -0.1) is 0 Å². The predicted molar refractivity (Wildman–Crippen MR) is 69.8 cm³/mol. The van der Waals surface area contributed by atoms with Crippen LogP contribution in [0.5, 0.6) is 0 Å². The number of hydrogen-bond donors (Lipinski definition) is 1. The lowest BCUT2D eigenvalue weighted by Gasteiger charge is -2.32. The second-order valence-corrected chi connectivity index (χ2v) is 8.05. The summed E-state index contributed by atoms with van der Waals surface area (Å²) >= 11 is 0. The highest BCUT2D eigenvalue weighted by atomic mass is 31.2. The van der Waals surface area contributed by atoms with Gasteiger partial charge in [0.05, 0.1) is 12.2 Å². The van der Waals surface area contributed by atoms with E-state index in [1.807, 2.05) is 41.5 Å². The van der Waals surface area contributed by atoms with Gasteiger partial charge in [0.2, 0.25) is 0 Å². The van der Waals surface area contributed by atoms with Gasteiger partial charge < -0.3 is 4.89 Å². The molecular formula is C12H27O4P. The topological polar surface area (TPSA) is 55.8 Å².